The maximum absolute atomic E-state index is 13.4. The summed E-state index contributed by atoms with van der Waals surface area (Å²) in [5, 5.41) is 18.2. The third kappa shape index (κ3) is 5.55. The molecule has 4 aromatic carbocycles. The summed E-state index contributed by atoms with van der Waals surface area (Å²) in [6, 6.07) is 17.7. The largest absolute Gasteiger partial charge is 0.507 e. The summed E-state index contributed by atoms with van der Waals surface area (Å²) < 4.78 is 57.8. The van der Waals surface area contributed by atoms with Crippen molar-refractivity contribution in [2.24, 2.45) is 15.2 Å². The van der Waals surface area contributed by atoms with Gasteiger partial charge >= 0.3 is 6.18 Å². The average molecular weight is 539 g/mol. The number of rotatable bonds is 5. The zero-order chi connectivity index (χ0) is 26.9. The number of hydrogen-bond donors (Lipinski definition) is 1. The SMILES string of the molecule is Oc1ccc(N=Nc2cccc(C(F)(F)F)c2)cc1C=Nc1ccc2oc(-c3ccc(F)cc3Cl)nc2c1. The molecular weight excluding hydrogens is 524 g/mol. The number of hydrogen-bond acceptors (Lipinski definition) is 6. The second-order valence-corrected chi connectivity index (χ2v) is 8.45. The lowest BCUT2D eigenvalue weighted by atomic mass is 10.2. The summed E-state index contributed by atoms with van der Waals surface area (Å²) in [6.07, 6.45) is -3.09. The average Bonchev–Trinajstić information content (AvgIpc) is 3.30. The Balaban J connectivity index is 1.37. The molecule has 1 N–H and O–H groups in total. The van der Waals surface area contributed by atoms with Gasteiger partial charge in [0.15, 0.2) is 5.58 Å². The molecule has 6 nitrogen and oxygen atoms in total. The molecule has 38 heavy (non-hydrogen) atoms. The van der Waals surface area contributed by atoms with Crippen LogP contribution in [0.15, 0.2) is 98.5 Å². The van der Waals surface area contributed by atoms with Gasteiger partial charge in [-0.3, -0.25) is 4.99 Å². The number of nitrogens with zero attached hydrogens (tertiary/aromatic N) is 4. The molecule has 1 heterocycles. The zero-order valence-electron chi connectivity index (χ0n) is 19.1. The molecule has 0 bridgehead atoms. The smallest absolute Gasteiger partial charge is 0.416 e. The minimum atomic E-state index is -4.49. The lowest BCUT2D eigenvalue weighted by Gasteiger charge is -2.06. The number of benzene rings is 4. The Morgan fingerprint density at radius 3 is 2.39 bits per heavy atom. The minimum absolute atomic E-state index is 0.0327. The Morgan fingerprint density at radius 1 is 0.868 bits per heavy atom. The first-order valence-electron chi connectivity index (χ1n) is 11.0. The maximum Gasteiger partial charge on any atom is 0.416 e. The Morgan fingerprint density at radius 2 is 1.63 bits per heavy atom. The number of aromatic hydroxyl groups is 1. The number of halogens is 5. The normalized spacial score (nSPS) is 12.2. The van der Waals surface area contributed by atoms with Crippen LogP contribution in [0.5, 0.6) is 5.75 Å². The molecule has 0 aliphatic rings. The van der Waals surface area contributed by atoms with Gasteiger partial charge in [0.2, 0.25) is 5.89 Å². The van der Waals surface area contributed by atoms with Gasteiger partial charge in [-0.15, -0.1) is 0 Å². The van der Waals surface area contributed by atoms with E-state index in [1.807, 2.05) is 0 Å². The highest BCUT2D eigenvalue weighted by atomic mass is 35.5. The molecule has 11 heteroatoms. The molecule has 0 saturated heterocycles. The fourth-order valence-electron chi connectivity index (χ4n) is 3.49. The summed E-state index contributed by atoms with van der Waals surface area (Å²) in [5.41, 5.74) is 1.71. The van der Waals surface area contributed by atoms with Crippen molar-refractivity contribution in [2.45, 2.75) is 6.18 Å². The second-order valence-electron chi connectivity index (χ2n) is 8.04. The summed E-state index contributed by atoms with van der Waals surface area (Å²) in [4.78, 5) is 8.76. The van der Waals surface area contributed by atoms with E-state index in [1.54, 1.807) is 18.2 Å². The van der Waals surface area contributed by atoms with E-state index in [1.165, 1.54) is 54.7 Å². The highest BCUT2D eigenvalue weighted by Crippen LogP contribution is 2.33. The van der Waals surface area contributed by atoms with E-state index in [-0.39, 0.29) is 22.4 Å². The fourth-order valence-corrected chi connectivity index (χ4v) is 3.73. The maximum atomic E-state index is 13.4. The van der Waals surface area contributed by atoms with Crippen molar-refractivity contribution < 1.29 is 27.1 Å². The van der Waals surface area contributed by atoms with Gasteiger partial charge in [-0.25, -0.2) is 9.37 Å². The van der Waals surface area contributed by atoms with Crippen molar-refractivity contribution in [3.63, 3.8) is 0 Å². The molecule has 190 valence electrons. The molecule has 0 fully saturated rings. The molecule has 1 aromatic heterocycles. The van der Waals surface area contributed by atoms with Crippen molar-refractivity contribution in [1.29, 1.82) is 0 Å². The van der Waals surface area contributed by atoms with E-state index in [0.29, 0.717) is 33.6 Å². The van der Waals surface area contributed by atoms with Crippen LogP contribution in [-0.4, -0.2) is 16.3 Å². The van der Waals surface area contributed by atoms with Crippen molar-refractivity contribution in [1.82, 2.24) is 4.98 Å². The van der Waals surface area contributed by atoms with Crippen LogP contribution in [0.3, 0.4) is 0 Å². The molecule has 0 atom stereocenters. The predicted molar refractivity (Wildman–Crippen MR) is 135 cm³/mol. The lowest BCUT2D eigenvalue weighted by Crippen LogP contribution is -2.03. The van der Waals surface area contributed by atoms with Crippen LogP contribution in [-0.2, 0) is 6.18 Å². The monoisotopic (exact) mass is 538 g/mol. The van der Waals surface area contributed by atoms with Crippen molar-refractivity contribution in [2.75, 3.05) is 0 Å². The Bertz CT molecular complexity index is 1710. The third-order valence-corrected chi connectivity index (χ3v) is 5.66. The van der Waals surface area contributed by atoms with Gasteiger partial charge in [0.1, 0.15) is 17.1 Å². The summed E-state index contributed by atoms with van der Waals surface area (Å²) >= 11 is 6.10. The number of azo groups is 1. The first-order chi connectivity index (χ1) is 18.2. The van der Waals surface area contributed by atoms with Crippen molar-refractivity contribution in [3.8, 4) is 17.2 Å². The standard InChI is InChI=1S/C27H15ClF4N4O2/c28-22-12-17(29)4-7-21(22)26-34-23-13-18(6-9-25(23)38-26)33-14-15-10-20(5-8-24(15)37)36-35-19-3-1-2-16(11-19)27(30,31)32/h1-14,37H. The molecule has 0 radical (unpaired) electrons. The number of oxazole rings is 1. The van der Waals surface area contributed by atoms with Crippen molar-refractivity contribution >= 4 is 46.0 Å². The van der Waals surface area contributed by atoms with E-state index in [9.17, 15) is 22.7 Å². The van der Waals surface area contributed by atoms with Crippen LogP contribution < -0.4 is 0 Å². The van der Waals surface area contributed by atoms with Gasteiger partial charge < -0.3 is 9.52 Å². The van der Waals surface area contributed by atoms with Gasteiger partial charge in [0.05, 0.1) is 33.2 Å². The van der Waals surface area contributed by atoms with E-state index >= 15 is 0 Å². The first-order valence-corrected chi connectivity index (χ1v) is 11.4. The molecule has 5 rings (SSSR count). The fraction of sp³-hybridized carbons (Fsp3) is 0.0370. The first kappa shape index (κ1) is 25.1. The summed E-state index contributed by atoms with van der Waals surface area (Å²) in [5.74, 6) is -0.332. The van der Waals surface area contributed by atoms with Crippen LogP contribution in [0.4, 0.5) is 34.6 Å². The lowest BCUT2D eigenvalue weighted by molar-refractivity contribution is -0.137. The quantitative estimate of drug-likeness (QED) is 0.137. The minimum Gasteiger partial charge on any atom is -0.507 e. The van der Waals surface area contributed by atoms with Crippen LogP contribution in [0.2, 0.25) is 5.02 Å². The highest BCUT2D eigenvalue weighted by Gasteiger charge is 2.30. The van der Waals surface area contributed by atoms with E-state index < -0.39 is 17.6 Å². The topological polar surface area (TPSA) is 83.3 Å². The van der Waals surface area contributed by atoms with Crippen LogP contribution in [0, 0.1) is 5.82 Å². The molecule has 0 aliphatic carbocycles. The Kier molecular flexibility index (Phi) is 6.64. The van der Waals surface area contributed by atoms with Gasteiger partial charge in [-0.2, -0.15) is 23.4 Å². The Labute approximate surface area is 217 Å². The molecule has 0 amide bonds. The van der Waals surface area contributed by atoms with E-state index in [0.717, 1.165) is 12.1 Å². The van der Waals surface area contributed by atoms with E-state index in [4.69, 9.17) is 16.0 Å². The van der Waals surface area contributed by atoms with Gasteiger partial charge in [0, 0.05) is 11.8 Å². The number of fused-ring (bicyclic) bond motifs is 1. The Hall–Kier alpha value is -4.57. The number of alkyl halides is 3. The molecule has 0 unspecified atom stereocenters. The van der Waals surface area contributed by atoms with Crippen molar-refractivity contribution in [3.05, 3.63) is 101 Å². The molecule has 0 aliphatic heterocycles. The second kappa shape index (κ2) is 10.1. The molecule has 0 saturated carbocycles. The van der Waals surface area contributed by atoms with Gasteiger partial charge in [-0.1, -0.05) is 17.7 Å². The van der Waals surface area contributed by atoms with Crippen LogP contribution >= 0.6 is 11.6 Å². The van der Waals surface area contributed by atoms with E-state index in [2.05, 4.69) is 20.2 Å². The molecule has 5 aromatic rings. The number of phenols is 1. The molecule has 0 spiro atoms. The van der Waals surface area contributed by atoms with Gasteiger partial charge in [-0.05, 0) is 72.8 Å². The zero-order valence-corrected chi connectivity index (χ0v) is 19.9. The number of aromatic nitrogens is 1. The molecular formula is C27H15ClF4N4O2. The summed E-state index contributed by atoms with van der Waals surface area (Å²) in [7, 11) is 0. The van der Waals surface area contributed by atoms with Gasteiger partial charge in [0.25, 0.3) is 0 Å². The number of phenolic OH excluding ortho intramolecular Hbond substituents is 1. The van der Waals surface area contributed by atoms with Crippen LogP contribution in [0.1, 0.15) is 11.1 Å². The highest BCUT2D eigenvalue weighted by molar-refractivity contribution is 6.33. The third-order valence-electron chi connectivity index (χ3n) is 5.35. The summed E-state index contributed by atoms with van der Waals surface area (Å²) in [6.45, 7) is 0. The predicted octanol–water partition coefficient (Wildman–Crippen LogP) is 9.18. The number of aliphatic imine (C=N–C) groups is 1. The van der Waals surface area contributed by atoms with Crippen LogP contribution in [0.25, 0.3) is 22.6 Å².